The summed E-state index contributed by atoms with van der Waals surface area (Å²) in [6.45, 7) is 7.83. The van der Waals surface area contributed by atoms with Crippen LogP contribution in [0.15, 0.2) is 78.9 Å². The highest BCUT2D eigenvalue weighted by Gasteiger charge is 2.28. The molecule has 1 N–H and O–H groups in total. The Morgan fingerprint density at radius 3 is 2.15 bits per heavy atom. The second kappa shape index (κ2) is 11.2. The summed E-state index contributed by atoms with van der Waals surface area (Å²) in [5, 5.41) is 3.02. The number of hydrogen-bond acceptors (Lipinski definition) is 2. The molecule has 0 radical (unpaired) electrons. The molecule has 4 aromatic rings. The fourth-order valence-electron chi connectivity index (χ4n) is 5.11. The maximum atomic E-state index is 13.7. The minimum absolute atomic E-state index is 0.0712. The molecule has 0 bridgehead atoms. The third kappa shape index (κ3) is 5.43. The summed E-state index contributed by atoms with van der Waals surface area (Å²) in [5.41, 5.74) is 7.06. The Morgan fingerprint density at radius 2 is 1.49 bits per heavy atom. The summed E-state index contributed by atoms with van der Waals surface area (Å²) in [4.78, 5) is 30.2. The predicted molar refractivity (Wildman–Crippen MR) is 153 cm³/mol. The van der Waals surface area contributed by atoms with Crippen molar-refractivity contribution in [3.05, 3.63) is 107 Å². The molecule has 1 fully saturated rings. The lowest BCUT2D eigenvalue weighted by Gasteiger charge is -2.35. The normalized spacial score (nSPS) is 13.4. The van der Waals surface area contributed by atoms with Gasteiger partial charge in [0.1, 0.15) is 5.82 Å². The number of carbonyl (C=O) groups excluding carboxylic acids is 2. The molecule has 6 nitrogen and oxygen atoms in total. The van der Waals surface area contributed by atoms with Gasteiger partial charge in [-0.25, -0.2) is 9.18 Å². The molecule has 3 amide bonds. The Morgan fingerprint density at radius 1 is 0.846 bits per heavy atom. The minimum atomic E-state index is -0.305. The Labute approximate surface area is 228 Å². The Bertz CT molecular complexity index is 1480. The number of aromatic nitrogens is 1. The van der Waals surface area contributed by atoms with Crippen LogP contribution in [0, 0.1) is 19.7 Å². The Kier molecular flexibility index (Phi) is 7.50. The van der Waals surface area contributed by atoms with Gasteiger partial charge in [0.2, 0.25) is 0 Å². The molecule has 0 unspecified atom stereocenters. The van der Waals surface area contributed by atoms with Crippen molar-refractivity contribution in [2.75, 3.05) is 31.5 Å². The second-order valence-electron chi connectivity index (χ2n) is 9.93. The fraction of sp³-hybridized carbons (Fsp3) is 0.250. The van der Waals surface area contributed by atoms with Gasteiger partial charge in [-0.1, -0.05) is 42.8 Å². The molecular formula is C32H33FN4O2. The number of nitrogens with zero attached hydrogens (tertiary/aromatic N) is 3. The van der Waals surface area contributed by atoms with E-state index >= 15 is 0 Å². The number of anilines is 1. The summed E-state index contributed by atoms with van der Waals surface area (Å²) in [6.07, 6.45) is 0.834. The molecule has 0 atom stereocenters. The third-order valence-corrected chi connectivity index (χ3v) is 7.40. The van der Waals surface area contributed by atoms with E-state index in [1.54, 1.807) is 21.9 Å². The zero-order chi connectivity index (χ0) is 27.5. The molecule has 3 aromatic carbocycles. The van der Waals surface area contributed by atoms with Crippen LogP contribution in [0.3, 0.4) is 0 Å². The van der Waals surface area contributed by atoms with Gasteiger partial charge >= 0.3 is 6.03 Å². The van der Waals surface area contributed by atoms with Gasteiger partial charge < -0.3 is 19.7 Å². The number of nitrogens with one attached hydrogen (secondary N) is 1. The summed E-state index contributed by atoms with van der Waals surface area (Å²) in [6, 6.07) is 24.0. The molecular weight excluding hydrogens is 491 g/mol. The number of piperazine rings is 1. The zero-order valence-corrected chi connectivity index (χ0v) is 22.6. The van der Waals surface area contributed by atoms with Crippen molar-refractivity contribution in [1.29, 1.82) is 0 Å². The van der Waals surface area contributed by atoms with Gasteiger partial charge in [0, 0.05) is 43.2 Å². The monoisotopic (exact) mass is 524 g/mol. The zero-order valence-electron chi connectivity index (χ0n) is 22.6. The van der Waals surface area contributed by atoms with Crippen LogP contribution in [0.25, 0.3) is 16.9 Å². The van der Waals surface area contributed by atoms with Gasteiger partial charge in [-0.15, -0.1) is 0 Å². The van der Waals surface area contributed by atoms with Crippen molar-refractivity contribution in [1.82, 2.24) is 14.4 Å². The fourth-order valence-corrected chi connectivity index (χ4v) is 5.11. The van der Waals surface area contributed by atoms with Gasteiger partial charge in [0.05, 0.1) is 11.3 Å². The van der Waals surface area contributed by atoms with Gasteiger partial charge in [0.15, 0.2) is 0 Å². The number of urea groups is 1. The van der Waals surface area contributed by atoms with Crippen LogP contribution in [0.2, 0.25) is 0 Å². The number of rotatable bonds is 5. The summed E-state index contributed by atoms with van der Waals surface area (Å²) in [7, 11) is 0. The largest absolute Gasteiger partial charge is 0.335 e. The van der Waals surface area contributed by atoms with Crippen LogP contribution in [0.5, 0.6) is 0 Å². The van der Waals surface area contributed by atoms with Crippen LogP contribution in [0.4, 0.5) is 14.9 Å². The van der Waals surface area contributed by atoms with Crippen molar-refractivity contribution < 1.29 is 14.0 Å². The first kappa shape index (κ1) is 26.2. The van der Waals surface area contributed by atoms with Crippen molar-refractivity contribution in [3.8, 4) is 16.9 Å². The molecule has 5 rings (SSSR count). The number of amides is 3. The third-order valence-electron chi connectivity index (χ3n) is 7.40. The molecule has 1 aliphatic heterocycles. The van der Waals surface area contributed by atoms with Crippen molar-refractivity contribution in [3.63, 3.8) is 0 Å². The van der Waals surface area contributed by atoms with Crippen LogP contribution in [0.1, 0.15) is 34.1 Å². The number of para-hydroxylation sites is 1. The van der Waals surface area contributed by atoms with E-state index in [1.165, 1.54) is 12.1 Å². The summed E-state index contributed by atoms with van der Waals surface area (Å²) >= 11 is 0. The lowest BCUT2D eigenvalue weighted by Crippen LogP contribution is -2.51. The first-order valence-electron chi connectivity index (χ1n) is 13.3. The highest BCUT2D eigenvalue weighted by Crippen LogP contribution is 2.31. The number of halogens is 1. The van der Waals surface area contributed by atoms with Crippen molar-refractivity contribution >= 4 is 17.6 Å². The van der Waals surface area contributed by atoms with E-state index in [-0.39, 0.29) is 17.8 Å². The lowest BCUT2D eigenvalue weighted by atomic mass is 10.1. The molecule has 0 spiro atoms. The van der Waals surface area contributed by atoms with Crippen LogP contribution in [-0.4, -0.2) is 52.5 Å². The first-order chi connectivity index (χ1) is 18.9. The van der Waals surface area contributed by atoms with Crippen LogP contribution in [-0.2, 0) is 6.42 Å². The van der Waals surface area contributed by atoms with E-state index in [1.807, 2.05) is 68.4 Å². The number of hydrogen-bond donors (Lipinski definition) is 1. The van der Waals surface area contributed by atoms with Crippen LogP contribution < -0.4 is 5.32 Å². The number of carbonyl (C=O) groups is 2. The lowest BCUT2D eigenvalue weighted by molar-refractivity contribution is 0.0671. The van der Waals surface area contributed by atoms with Gasteiger partial charge in [-0.2, -0.15) is 0 Å². The standard InChI is InChI=1S/C32H33FN4O2/c1-4-24-7-5-6-8-29(24)34-32(39)36-19-17-35(18-20-36)31(38)28-21-30(25-11-13-26(33)14-12-25)37(23(28)3)27-15-9-22(2)10-16-27/h5-16,21H,4,17-20H2,1-3H3,(H,34,39). The van der Waals surface area contributed by atoms with E-state index in [0.29, 0.717) is 31.7 Å². The molecule has 0 saturated carbocycles. The van der Waals surface area contributed by atoms with E-state index in [4.69, 9.17) is 0 Å². The average Bonchev–Trinajstić information content (AvgIpc) is 3.30. The molecule has 200 valence electrons. The smallest absolute Gasteiger partial charge is 0.321 e. The van der Waals surface area contributed by atoms with E-state index in [2.05, 4.69) is 16.8 Å². The van der Waals surface area contributed by atoms with E-state index < -0.39 is 0 Å². The molecule has 1 saturated heterocycles. The van der Waals surface area contributed by atoms with Crippen molar-refractivity contribution in [2.45, 2.75) is 27.2 Å². The molecule has 7 heteroatoms. The second-order valence-corrected chi connectivity index (χ2v) is 9.93. The molecule has 0 aliphatic carbocycles. The molecule has 2 heterocycles. The summed E-state index contributed by atoms with van der Waals surface area (Å²) < 4.78 is 15.7. The van der Waals surface area contributed by atoms with Crippen molar-refractivity contribution in [2.24, 2.45) is 0 Å². The average molecular weight is 525 g/mol. The van der Waals surface area contributed by atoms with Gasteiger partial charge in [-0.05, 0) is 79.9 Å². The SMILES string of the molecule is CCc1ccccc1NC(=O)N1CCN(C(=O)c2cc(-c3ccc(F)cc3)n(-c3ccc(C)cc3)c2C)CC1. The quantitative estimate of drug-likeness (QED) is 0.326. The predicted octanol–water partition coefficient (Wildman–Crippen LogP) is 6.45. The maximum Gasteiger partial charge on any atom is 0.321 e. The number of aryl methyl sites for hydroxylation is 2. The van der Waals surface area contributed by atoms with Crippen LogP contribution >= 0.6 is 0 Å². The Balaban J connectivity index is 1.36. The molecule has 1 aliphatic rings. The van der Waals surface area contributed by atoms with E-state index in [0.717, 1.165) is 45.9 Å². The summed E-state index contributed by atoms with van der Waals surface area (Å²) in [5.74, 6) is -0.376. The molecule has 1 aromatic heterocycles. The number of benzene rings is 3. The first-order valence-corrected chi connectivity index (χ1v) is 13.3. The van der Waals surface area contributed by atoms with E-state index in [9.17, 15) is 14.0 Å². The highest BCUT2D eigenvalue weighted by atomic mass is 19.1. The molecule has 39 heavy (non-hydrogen) atoms. The van der Waals surface area contributed by atoms with Gasteiger partial charge in [-0.3, -0.25) is 4.79 Å². The maximum absolute atomic E-state index is 13.7. The highest BCUT2D eigenvalue weighted by molar-refractivity contribution is 5.98. The Hall–Kier alpha value is -4.39. The topological polar surface area (TPSA) is 57.6 Å². The van der Waals surface area contributed by atoms with Gasteiger partial charge in [0.25, 0.3) is 5.91 Å². The minimum Gasteiger partial charge on any atom is -0.335 e.